The Morgan fingerprint density at radius 1 is 1.20 bits per heavy atom. The Bertz CT molecular complexity index is 994. The fourth-order valence-corrected chi connectivity index (χ4v) is 4.88. The molecular weight excluding hydrogens is 509 g/mol. The number of anilines is 1. The molecule has 2 heterocycles. The molecule has 1 aliphatic heterocycles. The zero-order valence-corrected chi connectivity index (χ0v) is 20.2. The van der Waals surface area contributed by atoms with Gasteiger partial charge in [-0.1, -0.05) is 44.9 Å². The molecule has 160 valence electrons. The van der Waals surface area contributed by atoms with Gasteiger partial charge in [-0.25, -0.2) is 4.98 Å². The van der Waals surface area contributed by atoms with Gasteiger partial charge in [-0.05, 0) is 42.8 Å². The van der Waals surface area contributed by atoms with Gasteiger partial charge in [-0.3, -0.25) is 14.6 Å². The van der Waals surface area contributed by atoms with Gasteiger partial charge in [0, 0.05) is 36.2 Å². The van der Waals surface area contributed by atoms with Gasteiger partial charge in [-0.2, -0.15) is 0 Å². The van der Waals surface area contributed by atoms with E-state index in [0.717, 1.165) is 54.0 Å². The van der Waals surface area contributed by atoms with Gasteiger partial charge >= 0.3 is 0 Å². The van der Waals surface area contributed by atoms with E-state index in [1.165, 1.54) is 11.3 Å². The van der Waals surface area contributed by atoms with Crippen molar-refractivity contribution in [1.82, 2.24) is 9.88 Å². The van der Waals surface area contributed by atoms with Crippen LogP contribution in [0, 0.1) is 0 Å². The monoisotopic (exact) mass is 529 g/mol. The van der Waals surface area contributed by atoms with Crippen molar-refractivity contribution in [3.8, 4) is 0 Å². The van der Waals surface area contributed by atoms with Crippen LogP contribution >= 0.6 is 51.3 Å². The van der Waals surface area contributed by atoms with Crippen LogP contribution in [0.2, 0.25) is 5.02 Å². The SMILES string of the molecule is Cl.O=C(c1ccc(Br)cc1)N(CCCN1CCOCC1)c1nc2c(Cl)cccc2s1. The lowest BCUT2D eigenvalue weighted by Gasteiger charge is -2.27. The maximum absolute atomic E-state index is 13.3. The molecule has 0 radical (unpaired) electrons. The summed E-state index contributed by atoms with van der Waals surface area (Å²) in [5.41, 5.74) is 1.39. The van der Waals surface area contributed by atoms with Crippen molar-refractivity contribution >= 4 is 72.5 Å². The molecule has 1 saturated heterocycles. The first-order valence-electron chi connectivity index (χ1n) is 9.54. The second-order valence-corrected chi connectivity index (χ2v) is 9.19. The molecule has 0 spiro atoms. The van der Waals surface area contributed by atoms with Crippen LogP contribution in [-0.2, 0) is 4.74 Å². The molecule has 0 aliphatic carbocycles. The van der Waals surface area contributed by atoms with E-state index in [9.17, 15) is 4.79 Å². The first-order chi connectivity index (χ1) is 14.1. The summed E-state index contributed by atoms with van der Waals surface area (Å²) >= 11 is 11.2. The Balaban J connectivity index is 0.00000256. The summed E-state index contributed by atoms with van der Waals surface area (Å²) in [5, 5.41) is 1.29. The second kappa shape index (κ2) is 10.9. The quantitative estimate of drug-likeness (QED) is 0.422. The van der Waals surface area contributed by atoms with Crippen LogP contribution in [0.4, 0.5) is 5.13 Å². The molecule has 30 heavy (non-hydrogen) atoms. The number of morpholine rings is 1. The van der Waals surface area contributed by atoms with Crippen LogP contribution in [0.15, 0.2) is 46.9 Å². The third kappa shape index (κ3) is 5.52. The number of carbonyl (C=O) groups excluding carboxylic acids is 1. The molecule has 1 fully saturated rings. The van der Waals surface area contributed by atoms with E-state index in [1.54, 1.807) is 4.90 Å². The molecule has 0 bridgehead atoms. The molecule has 1 aliphatic rings. The van der Waals surface area contributed by atoms with E-state index >= 15 is 0 Å². The van der Waals surface area contributed by atoms with Gasteiger partial charge in [-0.15, -0.1) is 12.4 Å². The Morgan fingerprint density at radius 3 is 2.63 bits per heavy atom. The third-order valence-electron chi connectivity index (χ3n) is 4.89. The number of thiazole rings is 1. The minimum atomic E-state index is -0.0466. The second-order valence-electron chi connectivity index (χ2n) is 6.85. The Labute approximate surface area is 199 Å². The summed E-state index contributed by atoms with van der Waals surface area (Å²) in [5.74, 6) is -0.0466. The molecule has 1 aromatic heterocycles. The van der Waals surface area contributed by atoms with Gasteiger partial charge < -0.3 is 4.74 Å². The average Bonchev–Trinajstić information content (AvgIpc) is 3.17. The molecule has 0 saturated carbocycles. The molecule has 9 heteroatoms. The Hall–Kier alpha value is -1.22. The summed E-state index contributed by atoms with van der Waals surface area (Å²) in [4.78, 5) is 22.2. The highest BCUT2D eigenvalue weighted by Gasteiger charge is 2.22. The number of ether oxygens (including phenoxy) is 1. The van der Waals surface area contributed by atoms with Crippen molar-refractivity contribution in [3.05, 3.63) is 57.5 Å². The van der Waals surface area contributed by atoms with Crippen molar-refractivity contribution in [2.75, 3.05) is 44.3 Å². The zero-order valence-electron chi connectivity index (χ0n) is 16.2. The van der Waals surface area contributed by atoms with Crippen LogP contribution < -0.4 is 4.90 Å². The normalized spacial score (nSPS) is 14.5. The fraction of sp³-hybridized carbons (Fsp3) is 0.333. The van der Waals surface area contributed by atoms with Crippen molar-refractivity contribution in [2.24, 2.45) is 0 Å². The van der Waals surface area contributed by atoms with Crippen LogP contribution in [-0.4, -0.2) is 55.2 Å². The highest BCUT2D eigenvalue weighted by atomic mass is 79.9. The number of hydrogen-bond donors (Lipinski definition) is 0. The molecule has 5 nitrogen and oxygen atoms in total. The minimum absolute atomic E-state index is 0. The van der Waals surface area contributed by atoms with Crippen molar-refractivity contribution in [2.45, 2.75) is 6.42 Å². The largest absolute Gasteiger partial charge is 0.379 e. The van der Waals surface area contributed by atoms with Gasteiger partial charge in [0.25, 0.3) is 5.91 Å². The Kier molecular flexibility index (Phi) is 8.51. The number of para-hydroxylation sites is 1. The standard InChI is InChI=1S/C21H21BrClN3O2S.ClH/c22-16-7-5-15(6-8-16)20(27)26(10-2-9-25-11-13-28-14-12-25)21-24-19-17(23)3-1-4-18(19)29-21;/h1,3-8H,2,9-14H2;1H. The molecule has 0 unspecified atom stereocenters. The van der Waals surface area contributed by atoms with Crippen LogP contribution in [0.25, 0.3) is 10.2 Å². The number of amides is 1. The third-order valence-corrected chi connectivity index (χ3v) is 6.76. The molecule has 1 amide bonds. The molecule has 4 rings (SSSR count). The lowest BCUT2D eigenvalue weighted by Crippen LogP contribution is -2.39. The topological polar surface area (TPSA) is 45.7 Å². The van der Waals surface area contributed by atoms with Gasteiger partial charge in [0.15, 0.2) is 5.13 Å². The molecule has 2 aromatic carbocycles. The van der Waals surface area contributed by atoms with Gasteiger partial charge in [0.1, 0.15) is 5.52 Å². The smallest absolute Gasteiger partial charge is 0.260 e. The maximum Gasteiger partial charge on any atom is 0.260 e. The molecule has 0 atom stereocenters. The number of rotatable bonds is 6. The van der Waals surface area contributed by atoms with Crippen molar-refractivity contribution < 1.29 is 9.53 Å². The summed E-state index contributed by atoms with van der Waals surface area (Å²) in [6.45, 7) is 4.97. The van der Waals surface area contributed by atoms with E-state index in [-0.39, 0.29) is 18.3 Å². The highest BCUT2D eigenvalue weighted by molar-refractivity contribution is 9.10. The highest BCUT2D eigenvalue weighted by Crippen LogP contribution is 2.33. The number of fused-ring (bicyclic) bond motifs is 1. The average molecular weight is 531 g/mol. The predicted octanol–water partition coefficient (Wildman–Crippen LogP) is 5.50. The first-order valence-corrected chi connectivity index (χ1v) is 11.5. The number of benzene rings is 2. The number of halogens is 3. The zero-order chi connectivity index (χ0) is 20.2. The van der Waals surface area contributed by atoms with E-state index < -0.39 is 0 Å². The van der Waals surface area contributed by atoms with E-state index in [2.05, 4.69) is 20.8 Å². The van der Waals surface area contributed by atoms with E-state index in [1.807, 2.05) is 42.5 Å². The Morgan fingerprint density at radius 2 is 1.93 bits per heavy atom. The number of nitrogens with zero attached hydrogens (tertiary/aromatic N) is 3. The van der Waals surface area contributed by atoms with Crippen molar-refractivity contribution in [3.63, 3.8) is 0 Å². The van der Waals surface area contributed by atoms with Crippen LogP contribution in [0.3, 0.4) is 0 Å². The molecule has 0 N–H and O–H groups in total. The van der Waals surface area contributed by atoms with E-state index in [4.69, 9.17) is 21.3 Å². The van der Waals surface area contributed by atoms with E-state index in [0.29, 0.717) is 22.3 Å². The van der Waals surface area contributed by atoms with Crippen LogP contribution in [0.5, 0.6) is 0 Å². The summed E-state index contributed by atoms with van der Waals surface area (Å²) in [7, 11) is 0. The minimum Gasteiger partial charge on any atom is -0.379 e. The molecular formula is C21H22BrCl2N3O2S. The van der Waals surface area contributed by atoms with Crippen molar-refractivity contribution in [1.29, 1.82) is 0 Å². The number of hydrogen-bond acceptors (Lipinski definition) is 5. The lowest BCUT2D eigenvalue weighted by molar-refractivity contribution is 0.0376. The fourth-order valence-electron chi connectivity index (χ4n) is 3.33. The van der Waals surface area contributed by atoms with Gasteiger partial charge in [0.05, 0.1) is 22.9 Å². The number of carbonyl (C=O) groups is 1. The summed E-state index contributed by atoms with van der Waals surface area (Å²) in [6.07, 6.45) is 0.867. The predicted molar refractivity (Wildman–Crippen MR) is 130 cm³/mol. The lowest BCUT2D eigenvalue weighted by atomic mass is 10.2. The summed E-state index contributed by atoms with van der Waals surface area (Å²) < 4.78 is 7.34. The van der Waals surface area contributed by atoms with Crippen LogP contribution in [0.1, 0.15) is 16.8 Å². The first kappa shape index (κ1) is 23.4. The maximum atomic E-state index is 13.3. The van der Waals surface area contributed by atoms with Gasteiger partial charge in [0.2, 0.25) is 0 Å². The molecule has 3 aromatic rings. The summed E-state index contributed by atoms with van der Waals surface area (Å²) in [6, 6.07) is 13.2. The number of aromatic nitrogens is 1.